The van der Waals surface area contributed by atoms with Crippen LogP contribution in [0.4, 0.5) is 11.6 Å². The van der Waals surface area contributed by atoms with Crippen LogP contribution < -0.4 is 5.32 Å². The molecule has 0 radical (unpaired) electrons. The van der Waals surface area contributed by atoms with E-state index in [1.165, 1.54) is 5.56 Å². The van der Waals surface area contributed by atoms with E-state index in [-0.39, 0.29) is 12.3 Å². The van der Waals surface area contributed by atoms with E-state index in [9.17, 15) is 4.79 Å². The lowest BCUT2D eigenvalue weighted by molar-refractivity contribution is -0.131. The van der Waals surface area contributed by atoms with Crippen molar-refractivity contribution in [2.45, 2.75) is 57.9 Å². The number of anilines is 2. The zero-order valence-corrected chi connectivity index (χ0v) is 18.8. The molecular weight excluding hydrogens is 400 g/mol. The van der Waals surface area contributed by atoms with Gasteiger partial charge in [-0.3, -0.25) is 4.79 Å². The van der Waals surface area contributed by atoms with Crippen LogP contribution in [0.3, 0.4) is 0 Å². The number of hydrogen-bond acceptors (Lipinski definition) is 5. The number of nitrogens with one attached hydrogen (secondary N) is 1. The summed E-state index contributed by atoms with van der Waals surface area (Å²) in [6.45, 7) is 5.83. The monoisotopic (exact) mass is 430 g/mol. The van der Waals surface area contributed by atoms with Gasteiger partial charge in [0.15, 0.2) is 0 Å². The number of aromatic nitrogens is 3. The minimum atomic E-state index is -0.0684. The summed E-state index contributed by atoms with van der Waals surface area (Å²) >= 11 is 0. The molecule has 1 aliphatic heterocycles. The van der Waals surface area contributed by atoms with Gasteiger partial charge in [0, 0.05) is 48.5 Å². The van der Waals surface area contributed by atoms with Crippen molar-refractivity contribution in [3.63, 3.8) is 0 Å². The van der Waals surface area contributed by atoms with Gasteiger partial charge in [0.25, 0.3) is 0 Å². The summed E-state index contributed by atoms with van der Waals surface area (Å²) in [7, 11) is 0. The molecule has 4 rings (SSSR count). The van der Waals surface area contributed by atoms with Crippen LogP contribution >= 0.6 is 0 Å². The molecule has 1 N–H and O–H groups in total. The standard InChI is InChI=1S/C25H30N6O/c1-3-22(4-2)31-15-12-19-16-27-25(29-24(19)31)28-21-9-7-18(8-10-21)20-6-5-14-30(17-20)23(32)11-13-26/h7-10,12,15-16,20,22H,3-6,11,14,17H2,1-2H3,(H,27,28,29). The highest BCUT2D eigenvalue weighted by Crippen LogP contribution is 2.29. The number of rotatable bonds is 7. The van der Waals surface area contributed by atoms with E-state index >= 15 is 0 Å². The molecule has 3 aromatic rings. The number of carbonyl (C=O) groups excluding carboxylic acids is 1. The van der Waals surface area contributed by atoms with E-state index in [0.717, 1.165) is 48.9 Å². The van der Waals surface area contributed by atoms with Gasteiger partial charge >= 0.3 is 0 Å². The van der Waals surface area contributed by atoms with Crippen molar-refractivity contribution in [3.8, 4) is 6.07 Å². The minimum absolute atomic E-state index is 0.0411. The number of carbonyl (C=O) groups is 1. The normalized spacial score (nSPS) is 16.3. The zero-order valence-electron chi connectivity index (χ0n) is 18.8. The zero-order chi connectivity index (χ0) is 22.5. The van der Waals surface area contributed by atoms with E-state index in [0.29, 0.717) is 24.5 Å². The molecule has 1 saturated heterocycles. The Bertz CT molecular complexity index is 1110. The van der Waals surface area contributed by atoms with E-state index in [2.05, 4.69) is 53.1 Å². The third kappa shape index (κ3) is 4.59. The van der Waals surface area contributed by atoms with E-state index in [4.69, 9.17) is 10.2 Å². The molecule has 2 aromatic heterocycles. The highest BCUT2D eigenvalue weighted by molar-refractivity contribution is 5.78. The molecule has 7 nitrogen and oxygen atoms in total. The maximum absolute atomic E-state index is 12.1. The van der Waals surface area contributed by atoms with Crippen LogP contribution in [0, 0.1) is 11.3 Å². The fourth-order valence-electron chi connectivity index (χ4n) is 4.60. The fraction of sp³-hybridized carbons (Fsp3) is 0.440. The molecule has 1 aromatic carbocycles. The Balaban J connectivity index is 1.47. The van der Waals surface area contributed by atoms with Crippen LogP contribution in [0.25, 0.3) is 11.0 Å². The number of nitrogens with zero attached hydrogens (tertiary/aromatic N) is 5. The average Bonchev–Trinajstić information content (AvgIpc) is 3.24. The first kappa shape index (κ1) is 21.8. The van der Waals surface area contributed by atoms with E-state index < -0.39 is 0 Å². The number of hydrogen-bond donors (Lipinski definition) is 1. The molecule has 1 unspecified atom stereocenters. The molecular formula is C25H30N6O. The predicted octanol–water partition coefficient (Wildman–Crippen LogP) is 5.16. The van der Waals surface area contributed by atoms with Gasteiger partial charge in [0.05, 0.1) is 6.07 Å². The second kappa shape index (κ2) is 9.82. The molecule has 1 atom stereocenters. The van der Waals surface area contributed by atoms with Crippen molar-refractivity contribution in [2.24, 2.45) is 0 Å². The number of amides is 1. The highest BCUT2D eigenvalue weighted by atomic mass is 16.2. The molecule has 0 saturated carbocycles. The van der Waals surface area contributed by atoms with Crippen LogP contribution in [0.5, 0.6) is 0 Å². The van der Waals surface area contributed by atoms with Crippen molar-refractivity contribution < 1.29 is 4.79 Å². The lowest BCUT2D eigenvalue weighted by atomic mass is 9.90. The Morgan fingerprint density at radius 3 is 2.75 bits per heavy atom. The largest absolute Gasteiger partial charge is 0.341 e. The topological polar surface area (TPSA) is 86.8 Å². The SMILES string of the molecule is CCC(CC)n1ccc2cnc(Nc3ccc(C4CCCN(C(=O)CC#N)C4)cc3)nc21. The third-order valence-corrected chi connectivity index (χ3v) is 6.43. The van der Waals surface area contributed by atoms with Gasteiger partial charge in [0.2, 0.25) is 11.9 Å². The summed E-state index contributed by atoms with van der Waals surface area (Å²) in [5.41, 5.74) is 3.10. The van der Waals surface area contributed by atoms with Crippen molar-refractivity contribution in [1.29, 1.82) is 5.26 Å². The molecule has 0 aliphatic carbocycles. The highest BCUT2D eigenvalue weighted by Gasteiger charge is 2.24. The van der Waals surface area contributed by atoms with Gasteiger partial charge in [-0.05, 0) is 49.4 Å². The minimum Gasteiger partial charge on any atom is -0.341 e. The van der Waals surface area contributed by atoms with Gasteiger partial charge < -0.3 is 14.8 Å². The predicted molar refractivity (Wildman–Crippen MR) is 126 cm³/mol. The third-order valence-electron chi connectivity index (χ3n) is 6.43. The first-order valence-corrected chi connectivity index (χ1v) is 11.5. The van der Waals surface area contributed by atoms with Crippen LogP contribution in [0.2, 0.25) is 0 Å². The van der Waals surface area contributed by atoms with Gasteiger partial charge in [-0.1, -0.05) is 26.0 Å². The van der Waals surface area contributed by atoms with Crippen molar-refractivity contribution >= 4 is 28.6 Å². The number of nitriles is 1. The molecule has 1 amide bonds. The van der Waals surface area contributed by atoms with Crippen molar-refractivity contribution in [1.82, 2.24) is 19.4 Å². The Morgan fingerprint density at radius 1 is 1.25 bits per heavy atom. The molecule has 1 fully saturated rings. The lowest BCUT2D eigenvalue weighted by Crippen LogP contribution is -2.38. The molecule has 3 heterocycles. The maximum Gasteiger partial charge on any atom is 0.236 e. The van der Waals surface area contributed by atoms with Gasteiger partial charge in [-0.2, -0.15) is 10.2 Å². The van der Waals surface area contributed by atoms with E-state index in [1.54, 1.807) is 0 Å². The quantitative estimate of drug-likeness (QED) is 0.560. The molecule has 0 bridgehead atoms. The van der Waals surface area contributed by atoms with Gasteiger partial charge in [-0.15, -0.1) is 0 Å². The van der Waals surface area contributed by atoms with Crippen molar-refractivity contribution in [3.05, 3.63) is 48.3 Å². The van der Waals surface area contributed by atoms with Crippen LogP contribution in [-0.2, 0) is 4.79 Å². The smallest absolute Gasteiger partial charge is 0.236 e. The average molecular weight is 431 g/mol. The molecule has 0 spiro atoms. The Labute approximate surface area is 189 Å². The van der Waals surface area contributed by atoms with E-state index in [1.807, 2.05) is 29.3 Å². The number of fused-ring (bicyclic) bond motifs is 1. The fourth-order valence-corrected chi connectivity index (χ4v) is 4.60. The van der Waals surface area contributed by atoms with Gasteiger partial charge in [0.1, 0.15) is 12.1 Å². The lowest BCUT2D eigenvalue weighted by Gasteiger charge is -2.32. The Kier molecular flexibility index (Phi) is 6.69. The Morgan fingerprint density at radius 2 is 2.03 bits per heavy atom. The number of piperidine rings is 1. The molecule has 166 valence electrons. The van der Waals surface area contributed by atoms with Gasteiger partial charge in [-0.25, -0.2) is 4.98 Å². The summed E-state index contributed by atoms with van der Waals surface area (Å²) in [6, 6.07) is 12.8. The Hall–Kier alpha value is -3.40. The molecule has 32 heavy (non-hydrogen) atoms. The number of benzene rings is 1. The second-order valence-electron chi connectivity index (χ2n) is 8.43. The summed E-state index contributed by atoms with van der Waals surface area (Å²) in [6.07, 6.45) is 8.07. The maximum atomic E-state index is 12.1. The number of likely N-dealkylation sites (tertiary alicyclic amines) is 1. The summed E-state index contributed by atoms with van der Waals surface area (Å²) in [5.74, 6) is 0.819. The van der Waals surface area contributed by atoms with Crippen LogP contribution in [0.1, 0.15) is 63.5 Å². The summed E-state index contributed by atoms with van der Waals surface area (Å²) in [5, 5.41) is 13.2. The molecule has 1 aliphatic rings. The summed E-state index contributed by atoms with van der Waals surface area (Å²) < 4.78 is 2.24. The van der Waals surface area contributed by atoms with Crippen molar-refractivity contribution in [2.75, 3.05) is 18.4 Å². The summed E-state index contributed by atoms with van der Waals surface area (Å²) in [4.78, 5) is 23.2. The first-order valence-electron chi connectivity index (χ1n) is 11.5. The van der Waals surface area contributed by atoms with Crippen LogP contribution in [-0.4, -0.2) is 38.4 Å². The van der Waals surface area contributed by atoms with Crippen LogP contribution in [0.15, 0.2) is 42.7 Å². The second-order valence-corrected chi connectivity index (χ2v) is 8.43. The first-order chi connectivity index (χ1) is 15.6. The molecule has 7 heteroatoms.